The third-order valence-electron chi connectivity index (χ3n) is 2.45. The van der Waals surface area contributed by atoms with E-state index in [9.17, 15) is 14.4 Å². The molecule has 1 aliphatic heterocycles. The van der Waals surface area contributed by atoms with Crippen molar-refractivity contribution in [2.75, 3.05) is 13.1 Å². The molecule has 0 aromatic carbocycles. The summed E-state index contributed by atoms with van der Waals surface area (Å²) in [4.78, 5) is 29.9. The zero-order chi connectivity index (χ0) is 15.0. The van der Waals surface area contributed by atoms with Crippen molar-refractivity contribution in [3.63, 3.8) is 0 Å². The molecule has 0 amide bonds. The van der Waals surface area contributed by atoms with Gasteiger partial charge in [-0.15, -0.1) is 0 Å². The number of carbonyl (C=O) groups is 3. The summed E-state index contributed by atoms with van der Waals surface area (Å²) in [5, 5.41) is 44.1. The van der Waals surface area contributed by atoms with E-state index < -0.39 is 30.1 Å². The topological polar surface area (TPSA) is 164 Å². The lowest BCUT2D eigenvalue weighted by Gasteiger charge is -2.18. The van der Waals surface area contributed by atoms with Crippen LogP contribution in [0.5, 0.6) is 0 Å². The van der Waals surface area contributed by atoms with E-state index in [1.807, 2.05) is 0 Å². The van der Waals surface area contributed by atoms with Crippen LogP contribution < -0.4 is 5.32 Å². The summed E-state index contributed by atoms with van der Waals surface area (Å²) in [5.41, 5.74) is 0. The molecule has 19 heavy (non-hydrogen) atoms. The average molecular weight is 279 g/mol. The minimum atomic E-state index is -2.27. The molecule has 2 unspecified atom stereocenters. The molecule has 1 saturated heterocycles. The first-order valence-corrected chi connectivity index (χ1v) is 5.52. The van der Waals surface area contributed by atoms with Crippen LogP contribution in [0, 0.1) is 5.92 Å². The summed E-state index contributed by atoms with van der Waals surface area (Å²) in [5.74, 6) is -4.34. The second-order valence-corrected chi connectivity index (χ2v) is 3.95. The first-order chi connectivity index (χ1) is 8.77. The Morgan fingerprint density at radius 1 is 1.00 bits per heavy atom. The van der Waals surface area contributed by atoms with Crippen molar-refractivity contribution in [1.82, 2.24) is 5.32 Å². The molecule has 6 N–H and O–H groups in total. The molecule has 0 spiro atoms. The van der Waals surface area contributed by atoms with E-state index in [2.05, 4.69) is 5.32 Å². The molecule has 1 fully saturated rings. The van der Waals surface area contributed by atoms with Gasteiger partial charge in [0, 0.05) is 6.54 Å². The van der Waals surface area contributed by atoms with Gasteiger partial charge in [0.25, 0.3) is 0 Å². The maximum atomic E-state index is 10.3. The number of carboxylic acids is 3. The van der Waals surface area contributed by atoms with Crippen molar-refractivity contribution >= 4 is 17.9 Å². The molecular formula is C10H17NO8. The highest BCUT2D eigenvalue weighted by Gasteiger charge is 2.29. The molecule has 1 rings (SSSR count). The molecule has 0 aliphatic carbocycles. The smallest absolute Gasteiger partial charge is 0.335 e. The highest BCUT2D eigenvalue weighted by atomic mass is 16.4. The van der Waals surface area contributed by atoms with Gasteiger partial charge in [-0.1, -0.05) is 0 Å². The number of rotatable bonds is 4. The lowest BCUT2D eigenvalue weighted by Crippen LogP contribution is -2.39. The lowest BCUT2D eigenvalue weighted by molar-refractivity contribution is -0.165. The van der Waals surface area contributed by atoms with Crippen LogP contribution >= 0.6 is 0 Å². The van der Waals surface area contributed by atoms with E-state index in [0.717, 1.165) is 19.4 Å². The normalized spacial score (nSPS) is 21.5. The Hall–Kier alpha value is -1.71. The van der Waals surface area contributed by atoms with Crippen molar-refractivity contribution in [1.29, 1.82) is 0 Å². The van der Waals surface area contributed by atoms with Crippen molar-refractivity contribution in [2.24, 2.45) is 5.92 Å². The third kappa shape index (κ3) is 6.70. The summed E-state index contributed by atoms with van der Waals surface area (Å²) in [6.07, 6.45) is -2.70. The molecular weight excluding hydrogens is 262 g/mol. The SMILES string of the molecule is O=C(O)C(O)C(O)C(=O)O.O=C(O)[C@H]1CCCNC1. The Labute approximate surface area is 108 Å². The predicted octanol–water partition coefficient (Wildman–Crippen LogP) is -2.05. The predicted molar refractivity (Wildman–Crippen MR) is 60.5 cm³/mol. The minimum Gasteiger partial charge on any atom is -0.481 e. The van der Waals surface area contributed by atoms with E-state index in [4.69, 9.17) is 25.5 Å². The third-order valence-corrected chi connectivity index (χ3v) is 2.45. The largest absolute Gasteiger partial charge is 0.481 e. The van der Waals surface area contributed by atoms with E-state index in [0.29, 0.717) is 6.54 Å². The van der Waals surface area contributed by atoms with Crippen molar-refractivity contribution in [2.45, 2.75) is 25.0 Å². The van der Waals surface area contributed by atoms with Gasteiger partial charge in [-0.25, -0.2) is 9.59 Å². The molecule has 0 aromatic heterocycles. The number of aliphatic hydroxyl groups excluding tert-OH is 2. The molecule has 3 atom stereocenters. The van der Waals surface area contributed by atoms with E-state index in [1.165, 1.54) is 0 Å². The number of hydrogen-bond donors (Lipinski definition) is 6. The number of hydrogen-bond acceptors (Lipinski definition) is 6. The van der Waals surface area contributed by atoms with Gasteiger partial charge < -0.3 is 30.8 Å². The quantitative estimate of drug-likeness (QED) is 0.339. The van der Waals surface area contributed by atoms with Crippen molar-refractivity contribution < 1.29 is 39.9 Å². The second-order valence-electron chi connectivity index (χ2n) is 3.95. The maximum absolute atomic E-state index is 10.3. The monoisotopic (exact) mass is 279 g/mol. The van der Waals surface area contributed by atoms with Crippen LogP contribution in [-0.4, -0.2) is 68.7 Å². The Balaban J connectivity index is 0.000000342. The molecule has 110 valence electrons. The van der Waals surface area contributed by atoms with Crippen LogP contribution in [0.4, 0.5) is 0 Å². The van der Waals surface area contributed by atoms with Crippen LogP contribution in [-0.2, 0) is 14.4 Å². The summed E-state index contributed by atoms with van der Waals surface area (Å²) < 4.78 is 0. The van der Waals surface area contributed by atoms with Gasteiger partial charge in [0.2, 0.25) is 0 Å². The van der Waals surface area contributed by atoms with Crippen LogP contribution in [0.2, 0.25) is 0 Å². The first-order valence-electron chi connectivity index (χ1n) is 5.52. The summed E-state index contributed by atoms with van der Waals surface area (Å²) in [7, 11) is 0. The number of piperidine rings is 1. The molecule has 1 aliphatic rings. The van der Waals surface area contributed by atoms with Gasteiger partial charge in [0.05, 0.1) is 5.92 Å². The van der Waals surface area contributed by atoms with Gasteiger partial charge in [0.15, 0.2) is 12.2 Å². The van der Waals surface area contributed by atoms with Gasteiger partial charge in [-0.3, -0.25) is 4.79 Å². The Morgan fingerprint density at radius 2 is 1.47 bits per heavy atom. The molecule has 9 nitrogen and oxygen atoms in total. The summed E-state index contributed by atoms with van der Waals surface area (Å²) in [6, 6.07) is 0. The second kappa shape index (κ2) is 8.40. The van der Waals surface area contributed by atoms with Crippen molar-refractivity contribution in [3.8, 4) is 0 Å². The summed E-state index contributed by atoms with van der Waals surface area (Å²) in [6.45, 7) is 1.62. The van der Waals surface area contributed by atoms with Crippen LogP contribution in [0.1, 0.15) is 12.8 Å². The van der Waals surface area contributed by atoms with Crippen LogP contribution in [0.25, 0.3) is 0 Å². The Bertz CT molecular complexity index is 307. The first kappa shape index (κ1) is 17.3. The average Bonchev–Trinajstić information content (AvgIpc) is 2.38. The van der Waals surface area contributed by atoms with E-state index in [-0.39, 0.29) is 5.92 Å². The number of carboxylic acid groups (broad SMARTS) is 3. The van der Waals surface area contributed by atoms with Crippen LogP contribution in [0.3, 0.4) is 0 Å². The van der Waals surface area contributed by atoms with Gasteiger partial charge >= 0.3 is 17.9 Å². The van der Waals surface area contributed by atoms with Crippen LogP contribution in [0.15, 0.2) is 0 Å². The van der Waals surface area contributed by atoms with Gasteiger partial charge in [-0.2, -0.15) is 0 Å². The fourth-order valence-electron chi connectivity index (χ4n) is 1.33. The highest BCUT2D eigenvalue weighted by molar-refractivity contribution is 5.83. The Morgan fingerprint density at radius 3 is 1.68 bits per heavy atom. The minimum absolute atomic E-state index is 0.140. The maximum Gasteiger partial charge on any atom is 0.335 e. The fraction of sp³-hybridized carbons (Fsp3) is 0.700. The van der Waals surface area contributed by atoms with Gasteiger partial charge in [-0.05, 0) is 19.4 Å². The number of nitrogens with one attached hydrogen (secondary N) is 1. The molecule has 0 aromatic rings. The van der Waals surface area contributed by atoms with Gasteiger partial charge in [0.1, 0.15) is 0 Å². The van der Waals surface area contributed by atoms with E-state index >= 15 is 0 Å². The van der Waals surface area contributed by atoms with Crippen molar-refractivity contribution in [3.05, 3.63) is 0 Å². The lowest BCUT2D eigenvalue weighted by atomic mass is 10.0. The molecule has 0 saturated carbocycles. The number of aliphatic hydroxyl groups is 2. The highest BCUT2D eigenvalue weighted by Crippen LogP contribution is 2.08. The zero-order valence-electron chi connectivity index (χ0n) is 10.0. The molecule has 1 heterocycles. The zero-order valence-corrected chi connectivity index (χ0v) is 10.0. The Kier molecular flexibility index (Phi) is 7.65. The van der Waals surface area contributed by atoms with E-state index in [1.54, 1.807) is 0 Å². The fourth-order valence-corrected chi connectivity index (χ4v) is 1.33. The number of aliphatic carboxylic acids is 3. The molecule has 9 heteroatoms. The molecule has 0 radical (unpaired) electrons. The summed E-state index contributed by atoms with van der Waals surface area (Å²) >= 11 is 0. The molecule has 0 bridgehead atoms. The standard InChI is InChI=1S/C6H11NO2.C4H6O6/c8-6(9)5-2-1-3-7-4-5;5-1(3(7)8)2(6)4(9)10/h5,7H,1-4H2,(H,8,9);1-2,5-6H,(H,7,8)(H,9,10)/t5-;/m0./s1.